The minimum absolute atomic E-state index is 0.0411. The van der Waals surface area contributed by atoms with Crippen LogP contribution in [-0.2, 0) is 16.1 Å². The number of thiophene rings is 1. The molecular weight excluding hydrogens is 334 g/mol. The number of carbonyl (C=O) groups excluding carboxylic acids is 2. The molecule has 0 spiro atoms. The third-order valence-electron chi connectivity index (χ3n) is 3.96. The molecule has 2 amide bonds. The van der Waals surface area contributed by atoms with Gasteiger partial charge in [-0.15, -0.1) is 11.3 Å². The standard InChI is InChI=1S/C19H25N3O2S/c1-14-7-5-8-15(2)19(14)20-17(23)12-22(4)18(24)13-21(3)11-16-9-6-10-25-16/h5-10H,11-13H2,1-4H3,(H,20,23). The lowest BCUT2D eigenvalue weighted by molar-refractivity contribution is -0.134. The maximum atomic E-state index is 12.3. The summed E-state index contributed by atoms with van der Waals surface area (Å²) in [5.74, 6) is -0.259. The Labute approximate surface area is 153 Å². The van der Waals surface area contributed by atoms with Crippen LogP contribution in [-0.4, -0.2) is 48.8 Å². The average molecular weight is 359 g/mol. The number of anilines is 1. The fourth-order valence-electron chi connectivity index (χ4n) is 2.57. The summed E-state index contributed by atoms with van der Waals surface area (Å²) in [4.78, 5) is 29.2. The lowest BCUT2D eigenvalue weighted by atomic mass is 10.1. The van der Waals surface area contributed by atoms with Crippen molar-refractivity contribution in [2.24, 2.45) is 0 Å². The normalized spacial score (nSPS) is 10.8. The topological polar surface area (TPSA) is 52.7 Å². The number of para-hydroxylation sites is 1. The Morgan fingerprint density at radius 1 is 1.04 bits per heavy atom. The van der Waals surface area contributed by atoms with E-state index in [1.165, 1.54) is 9.78 Å². The maximum absolute atomic E-state index is 12.3. The molecular formula is C19H25N3O2S. The number of carbonyl (C=O) groups is 2. The number of likely N-dealkylation sites (N-methyl/N-ethyl adjacent to an activating group) is 2. The Morgan fingerprint density at radius 3 is 2.32 bits per heavy atom. The number of hydrogen-bond donors (Lipinski definition) is 1. The summed E-state index contributed by atoms with van der Waals surface area (Å²) in [6.07, 6.45) is 0. The zero-order valence-electron chi connectivity index (χ0n) is 15.2. The Kier molecular flexibility index (Phi) is 6.73. The van der Waals surface area contributed by atoms with Gasteiger partial charge >= 0.3 is 0 Å². The molecule has 0 unspecified atom stereocenters. The summed E-state index contributed by atoms with van der Waals surface area (Å²) < 4.78 is 0. The van der Waals surface area contributed by atoms with Gasteiger partial charge in [-0.2, -0.15) is 0 Å². The highest BCUT2D eigenvalue weighted by molar-refractivity contribution is 7.09. The third-order valence-corrected chi connectivity index (χ3v) is 4.82. The van der Waals surface area contributed by atoms with E-state index in [1.54, 1.807) is 18.4 Å². The largest absolute Gasteiger partial charge is 0.335 e. The van der Waals surface area contributed by atoms with E-state index in [1.807, 2.05) is 61.5 Å². The van der Waals surface area contributed by atoms with Crippen LogP contribution < -0.4 is 5.32 Å². The van der Waals surface area contributed by atoms with Gasteiger partial charge < -0.3 is 10.2 Å². The highest BCUT2D eigenvalue weighted by atomic mass is 32.1. The average Bonchev–Trinajstić information content (AvgIpc) is 3.03. The lowest BCUT2D eigenvalue weighted by Crippen LogP contribution is -2.40. The van der Waals surface area contributed by atoms with Crippen molar-refractivity contribution >= 4 is 28.8 Å². The van der Waals surface area contributed by atoms with Crippen molar-refractivity contribution < 1.29 is 9.59 Å². The van der Waals surface area contributed by atoms with Crippen LogP contribution in [0.25, 0.3) is 0 Å². The molecule has 0 aliphatic heterocycles. The van der Waals surface area contributed by atoms with Crippen LogP contribution in [0.3, 0.4) is 0 Å². The van der Waals surface area contributed by atoms with Gasteiger partial charge in [-0.1, -0.05) is 24.3 Å². The number of amides is 2. The second-order valence-electron chi connectivity index (χ2n) is 6.32. The molecule has 5 nitrogen and oxygen atoms in total. The van der Waals surface area contributed by atoms with Gasteiger partial charge in [-0.25, -0.2) is 0 Å². The molecule has 1 aromatic carbocycles. The van der Waals surface area contributed by atoms with Crippen molar-refractivity contribution in [2.45, 2.75) is 20.4 Å². The summed E-state index contributed by atoms with van der Waals surface area (Å²) >= 11 is 1.67. The third kappa shape index (κ3) is 5.69. The highest BCUT2D eigenvalue weighted by Crippen LogP contribution is 2.19. The molecule has 0 aliphatic carbocycles. The first kappa shape index (κ1) is 19.1. The van der Waals surface area contributed by atoms with Crippen LogP contribution in [0.4, 0.5) is 5.69 Å². The minimum Gasteiger partial charge on any atom is -0.335 e. The van der Waals surface area contributed by atoms with Crippen molar-refractivity contribution in [3.8, 4) is 0 Å². The monoisotopic (exact) mass is 359 g/mol. The molecule has 0 saturated carbocycles. The van der Waals surface area contributed by atoms with Crippen molar-refractivity contribution in [1.29, 1.82) is 0 Å². The van der Waals surface area contributed by atoms with Crippen molar-refractivity contribution in [2.75, 3.05) is 32.5 Å². The summed E-state index contributed by atoms with van der Waals surface area (Å²) in [7, 11) is 3.56. The molecule has 0 radical (unpaired) electrons. The van der Waals surface area contributed by atoms with Gasteiger partial charge in [0, 0.05) is 24.2 Å². The predicted octanol–water partition coefficient (Wildman–Crippen LogP) is 2.89. The van der Waals surface area contributed by atoms with Gasteiger partial charge in [0.25, 0.3) is 0 Å². The van der Waals surface area contributed by atoms with E-state index in [-0.39, 0.29) is 24.9 Å². The van der Waals surface area contributed by atoms with Crippen LogP contribution in [0, 0.1) is 13.8 Å². The molecule has 2 rings (SSSR count). The zero-order chi connectivity index (χ0) is 18.4. The molecule has 1 aromatic heterocycles. The second-order valence-corrected chi connectivity index (χ2v) is 7.35. The van der Waals surface area contributed by atoms with Gasteiger partial charge in [0.15, 0.2) is 0 Å². The zero-order valence-corrected chi connectivity index (χ0v) is 16.0. The summed E-state index contributed by atoms with van der Waals surface area (Å²) in [6.45, 7) is 4.96. The summed E-state index contributed by atoms with van der Waals surface area (Å²) in [5.41, 5.74) is 2.85. The molecule has 0 fully saturated rings. The molecule has 0 atom stereocenters. The van der Waals surface area contributed by atoms with Crippen molar-refractivity contribution in [3.05, 3.63) is 51.7 Å². The second kappa shape index (κ2) is 8.78. The number of nitrogens with one attached hydrogen (secondary N) is 1. The van der Waals surface area contributed by atoms with E-state index >= 15 is 0 Å². The molecule has 0 aliphatic rings. The van der Waals surface area contributed by atoms with E-state index in [0.29, 0.717) is 0 Å². The molecule has 1 heterocycles. The van der Waals surface area contributed by atoms with Gasteiger partial charge in [0.1, 0.15) is 0 Å². The highest BCUT2D eigenvalue weighted by Gasteiger charge is 2.16. The van der Waals surface area contributed by atoms with E-state index in [0.717, 1.165) is 23.4 Å². The van der Waals surface area contributed by atoms with Crippen molar-refractivity contribution in [1.82, 2.24) is 9.80 Å². The van der Waals surface area contributed by atoms with Crippen molar-refractivity contribution in [3.63, 3.8) is 0 Å². The van der Waals surface area contributed by atoms with Crippen LogP contribution >= 0.6 is 11.3 Å². The van der Waals surface area contributed by atoms with Crippen LogP contribution in [0.15, 0.2) is 35.7 Å². The molecule has 134 valence electrons. The van der Waals surface area contributed by atoms with Crippen LogP contribution in [0.2, 0.25) is 0 Å². The molecule has 1 N–H and O–H groups in total. The first-order valence-electron chi connectivity index (χ1n) is 8.17. The van der Waals surface area contributed by atoms with Gasteiger partial charge in [-0.05, 0) is 43.5 Å². The first-order chi connectivity index (χ1) is 11.9. The van der Waals surface area contributed by atoms with E-state index in [9.17, 15) is 9.59 Å². The Balaban J connectivity index is 1.84. The molecule has 0 saturated heterocycles. The maximum Gasteiger partial charge on any atom is 0.243 e. The smallest absolute Gasteiger partial charge is 0.243 e. The fourth-order valence-corrected chi connectivity index (χ4v) is 3.35. The van der Waals surface area contributed by atoms with E-state index in [4.69, 9.17) is 0 Å². The van der Waals surface area contributed by atoms with E-state index in [2.05, 4.69) is 5.32 Å². The Morgan fingerprint density at radius 2 is 1.72 bits per heavy atom. The number of nitrogens with zero attached hydrogens (tertiary/aromatic N) is 2. The first-order valence-corrected chi connectivity index (χ1v) is 9.05. The predicted molar refractivity (Wildman–Crippen MR) is 103 cm³/mol. The minimum atomic E-state index is -0.186. The number of benzene rings is 1. The number of aryl methyl sites for hydroxylation is 2. The van der Waals surface area contributed by atoms with Crippen LogP contribution in [0.1, 0.15) is 16.0 Å². The quantitative estimate of drug-likeness (QED) is 0.827. The summed E-state index contributed by atoms with van der Waals surface area (Å²) in [5, 5.41) is 4.93. The van der Waals surface area contributed by atoms with Gasteiger partial charge in [0.05, 0.1) is 13.1 Å². The Bertz CT molecular complexity index is 708. The molecule has 6 heteroatoms. The lowest BCUT2D eigenvalue weighted by Gasteiger charge is -2.21. The van der Waals surface area contributed by atoms with E-state index < -0.39 is 0 Å². The van der Waals surface area contributed by atoms with Crippen LogP contribution in [0.5, 0.6) is 0 Å². The van der Waals surface area contributed by atoms with Gasteiger partial charge in [-0.3, -0.25) is 14.5 Å². The molecule has 25 heavy (non-hydrogen) atoms. The Hall–Kier alpha value is -2.18. The molecule has 0 bridgehead atoms. The number of hydrogen-bond acceptors (Lipinski definition) is 4. The molecule has 2 aromatic rings. The fraction of sp³-hybridized carbons (Fsp3) is 0.368. The SMILES string of the molecule is Cc1cccc(C)c1NC(=O)CN(C)C(=O)CN(C)Cc1cccs1. The summed E-state index contributed by atoms with van der Waals surface area (Å²) in [6, 6.07) is 9.92. The number of rotatable bonds is 7. The van der Waals surface area contributed by atoms with Gasteiger partial charge in [0.2, 0.25) is 11.8 Å².